The monoisotopic (exact) mass is 481 g/mol. The zero-order valence-corrected chi connectivity index (χ0v) is 19.0. The number of hydrogen-bond donors (Lipinski definition) is 1. The maximum absolute atomic E-state index is 12.3. The van der Waals surface area contributed by atoms with Crippen LogP contribution >= 0.6 is 11.6 Å². The largest absolute Gasteiger partial charge is 0.484 e. The van der Waals surface area contributed by atoms with E-state index in [0.29, 0.717) is 16.3 Å². The van der Waals surface area contributed by atoms with E-state index in [4.69, 9.17) is 21.1 Å². The van der Waals surface area contributed by atoms with Gasteiger partial charge >= 0.3 is 5.97 Å². The summed E-state index contributed by atoms with van der Waals surface area (Å²) >= 11 is 6.12. The Labute approximate surface area is 200 Å². The van der Waals surface area contributed by atoms with Crippen LogP contribution in [0, 0.1) is 24.0 Å². The Bertz CT molecular complexity index is 1230. The van der Waals surface area contributed by atoms with Gasteiger partial charge in [0, 0.05) is 17.2 Å². The minimum absolute atomic E-state index is 0.124. The van der Waals surface area contributed by atoms with Crippen molar-refractivity contribution in [2.75, 3.05) is 6.61 Å². The van der Waals surface area contributed by atoms with E-state index in [1.54, 1.807) is 36.4 Å². The SMILES string of the molecule is Cc1cc(OCC(=O)NN=Cc2cccc(OC(=O)c3ccc([N+](=O)[O-])cc3)c2)cc(C)c1Cl. The molecule has 10 heteroatoms. The summed E-state index contributed by atoms with van der Waals surface area (Å²) in [7, 11) is 0. The van der Waals surface area contributed by atoms with Gasteiger partial charge in [-0.25, -0.2) is 10.2 Å². The number of carbonyl (C=O) groups is 2. The average molecular weight is 482 g/mol. The zero-order chi connectivity index (χ0) is 24.7. The molecule has 0 aliphatic carbocycles. The van der Waals surface area contributed by atoms with E-state index in [0.717, 1.165) is 11.1 Å². The van der Waals surface area contributed by atoms with Crippen molar-refractivity contribution in [2.45, 2.75) is 13.8 Å². The maximum atomic E-state index is 12.3. The van der Waals surface area contributed by atoms with Crippen molar-refractivity contribution >= 4 is 35.4 Å². The molecule has 1 N–H and O–H groups in total. The summed E-state index contributed by atoms with van der Waals surface area (Å²) in [5.74, 6) is -0.346. The number of amides is 1. The number of benzene rings is 3. The lowest BCUT2D eigenvalue weighted by molar-refractivity contribution is -0.384. The lowest BCUT2D eigenvalue weighted by Gasteiger charge is -2.09. The molecule has 0 fully saturated rings. The average Bonchev–Trinajstić information content (AvgIpc) is 2.81. The molecular weight excluding hydrogens is 462 g/mol. The molecule has 174 valence electrons. The van der Waals surface area contributed by atoms with Gasteiger partial charge in [0.1, 0.15) is 11.5 Å². The normalized spacial score (nSPS) is 10.7. The maximum Gasteiger partial charge on any atom is 0.343 e. The Morgan fingerprint density at radius 1 is 1.06 bits per heavy atom. The van der Waals surface area contributed by atoms with Crippen LogP contribution in [0.4, 0.5) is 5.69 Å². The number of rotatable bonds is 8. The van der Waals surface area contributed by atoms with Crippen LogP contribution in [0.3, 0.4) is 0 Å². The van der Waals surface area contributed by atoms with Gasteiger partial charge in [-0.1, -0.05) is 23.7 Å². The van der Waals surface area contributed by atoms with E-state index < -0.39 is 16.8 Å². The first kappa shape index (κ1) is 24.4. The number of carbonyl (C=O) groups excluding carboxylic acids is 2. The first-order valence-electron chi connectivity index (χ1n) is 10.0. The third-order valence-corrected chi connectivity index (χ3v) is 5.16. The summed E-state index contributed by atoms with van der Waals surface area (Å²) in [4.78, 5) is 34.4. The number of nitro groups is 1. The third-order valence-electron chi connectivity index (χ3n) is 4.57. The predicted molar refractivity (Wildman–Crippen MR) is 127 cm³/mol. The lowest BCUT2D eigenvalue weighted by Crippen LogP contribution is -2.24. The molecule has 0 spiro atoms. The fourth-order valence-corrected chi connectivity index (χ4v) is 3.00. The second kappa shape index (κ2) is 11.1. The Morgan fingerprint density at radius 2 is 1.74 bits per heavy atom. The molecule has 0 aliphatic rings. The van der Waals surface area contributed by atoms with Gasteiger partial charge in [-0.05, 0) is 66.9 Å². The molecular formula is C24H20ClN3O6. The Morgan fingerprint density at radius 3 is 2.38 bits per heavy atom. The molecule has 0 bridgehead atoms. The number of nitrogens with one attached hydrogen (secondary N) is 1. The lowest BCUT2D eigenvalue weighted by atomic mass is 10.1. The van der Waals surface area contributed by atoms with Crippen LogP contribution in [0.2, 0.25) is 5.02 Å². The Balaban J connectivity index is 1.53. The fourth-order valence-electron chi connectivity index (χ4n) is 2.89. The Kier molecular flexibility index (Phi) is 7.94. The Hall–Kier alpha value is -4.24. The number of non-ortho nitro benzene ring substituents is 1. The number of hydrogen-bond acceptors (Lipinski definition) is 7. The van der Waals surface area contributed by atoms with Gasteiger partial charge in [-0.2, -0.15) is 5.10 Å². The second-order valence-electron chi connectivity index (χ2n) is 7.22. The summed E-state index contributed by atoms with van der Waals surface area (Å²) in [6.07, 6.45) is 1.39. The molecule has 0 saturated carbocycles. The molecule has 0 atom stereocenters. The van der Waals surface area contributed by atoms with Gasteiger partial charge in [-0.15, -0.1) is 0 Å². The van der Waals surface area contributed by atoms with Crippen LogP contribution < -0.4 is 14.9 Å². The number of esters is 1. The molecule has 3 aromatic rings. The summed E-state index contributed by atoms with van der Waals surface area (Å²) < 4.78 is 10.8. The predicted octanol–water partition coefficient (Wildman–Crippen LogP) is 4.61. The molecule has 0 unspecified atom stereocenters. The van der Waals surface area contributed by atoms with Crippen LogP contribution in [0.5, 0.6) is 11.5 Å². The molecule has 34 heavy (non-hydrogen) atoms. The highest BCUT2D eigenvalue weighted by molar-refractivity contribution is 6.32. The van der Waals surface area contributed by atoms with Crippen molar-refractivity contribution in [2.24, 2.45) is 5.10 Å². The minimum Gasteiger partial charge on any atom is -0.484 e. The van der Waals surface area contributed by atoms with Crippen LogP contribution in [-0.2, 0) is 4.79 Å². The van der Waals surface area contributed by atoms with Crippen LogP contribution in [0.15, 0.2) is 65.8 Å². The van der Waals surface area contributed by atoms with Crippen LogP contribution in [-0.4, -0.2) is 29.6 Å². The quantitative estimate of drug-likeness (QED) is 0.165. The molecule has 9 nitrogen and oxygen atoms in total. The molecule has 3 aromatic carbocycles. The van der Waals surface area contributed by atoms with Crippen molar-refractivity contribution in [1.29, 1.82) is 0 Å². The first-order valence-corrected chi connectivity index (χ1v) is 10.4. The molecule has 0 heterocycles. The molecule has 0 radical (unpaired) electrons. The molecule has 0 aliphatic heterocycles. The van der Waals surface area contributed by atoms with Crippen molar-refractivity contribution < 1.29 is 24.0 Å². The second-order valence-corrected chi connectivity index (χ2v) is 7.60. The number of aryl methyl sites for hydroxylation is 2. The standard InChI is InChI=1S/C24H20ClN3O6/c1-15-10-21(11-16(2)23(15)25)33-14-22(29)27-26-13-17-4-3-5-20(12-17)34-24(30)18-6-8-19(9-7-18)28(31)32/h3-13H,14H2,1-2H3,(H,27,29). The smallest absolute Gasteiger partial charge is 0.343 e. The fraction of sp³-hybridized carbons (Fsp3) is 0.125. The summed E-state index contributed by atoms with van der Waals surface area (Å²) in [5.41, 5.74) is 4.68. The van der Waals surface area contributed by atoms with Crippen molar-refractivity contribution in [3.63, 3.8) is 0 Å². The van der Waals surface area contributed by atoms with Gasteiger partial charge in [0.2, 0.25) is 0 Å². The van der Waals surface area contributed by atoms with E-state index in [-0.39, 0.29) is 23.6 Å². The van der Waals surface area contributed by atoms with Gasteiger partial charge in [-0.3, -0.25) is 14.9 Å². The highest BCUT2D eigenvalue weighted by Gasteiger charge is 2.12. The zero-order valence-electron chi connectivity index (χ0n) is 18.3. The third kappa shape index (κ3) is 6.63. The van der Waals surface area contributed by atoms with Crippen molar-refractivity contribution in [3.05, 3.63) is 98.1 Å². The van der Waals surface area contributed by atoms with Gasteiger partial charge in [0.25, 0.3) is 11.6 Å². The van der Waals surface area contributed by atoms with E-state index in [2.05, 4.69) is 10.5 Å². The number of halogens is 1. The van der Waals surface area contributed by atoms with Crippen molar-refractivity contribution in [3.8, 4) is 11.5 Å². The van der Waals surface area contributed by atoms with Crippen molar-refractivity contribution in [1.82, 2.24) is 5.43 Å². The van der Waals surface area contributed by atoms with E-state index in [1.807, 2.05) is 13.8 Å². The van der Waals surface area contributed by atoms with Gasteiger partial charge < -0.3 is 9.47 Å². The van der Waals surface area contributed by atoms with E-state index in [1.165, 1.54) is 30.5 Å². The minimum atomic E-state index is -0.665. The molecule has 0 saturated heterocycles. The first-order chi connectivity index (χ1) is 16.2. The summed E-state index contributed by atoms with van der Waals surface area (Å²) in [6.45, 7) is 3.47. The molecule has 1 amide bonds. The van der Waals surface area contributed by atoms with E-state index >= 15 is 0 Å². The summed E-state index contributed by atoms with van der Waals surface area (Å²) in [6, 6.07) is 15.0. The molecule has 0 aromatic heterocycles. The van der Waals surface area contributed by atoms with Gasteiger partial charge in [0.15, 0.2) is 6.61 Å². The van der Waals surface area contributed by atoms with Crippen LogP contribution in [0.1, 0.15) is 27.0 Å². The topological polar surface area (TPSA) is 120 Å². The number of hydrazone groups is 1. The highest BCUT2D eigenvalue weighted by Crippen LogP contribution is 2.25. The highest BCUT2D eigenvalue weighted by atomic mass is 35.5. The van der Waals surface area contributed by atoms with Gasteiger partial charge in [0.05, 0.1) is 16.7 Å². The molecule has 3 rings (SSSR count). The number of nitro benzene ring substituents is 1. The number of ether oxygens (including phenoxy) is 2. The number of nitrogens with zero attached hydrogens (tertiary/aromatic N) is 2. The summed E-state index contributed by atoms with van der Waals surface area (Å²) in [5, 5.41) is 15.2. The van der Waals surface area contributed by atoms with E-state index in [9.17, 15) is 19.7 Å². The van der Waals surface area contributed by atoms with Crippen LogP contribution in [0.25, 0.3) is 0 Å².